The number of halogens is 2. The number of benzene rings is 3. The van der Waals surface area contributed by atoms with Gasteiger partial charge in [0, 0.05) is 18.6 Å². The minimum absolute atomic E-state index is 0.274. The number of hydrogen-bond acceptors (Lipinski definition) is 5. The molecule has 4 aromatic rings. The van der Waals surface area contributed by atoms with E-state index in [1.807, 2.05) is 17.7 Å². The van der Waals surface area contributed by atoms with Crippen molar-refractivity contribution in [3.63, 3.8) is 0 Å². The highest BCUT2D eigenvalue weighted by Gasteiger charge is 2.25. The standard InChI is InChI=1S/C27H25Cl2N3O3.C3H4O/c1-31-24-12-19(27(33)34)5-7-23(24)30-26(31)15-32-10-9-20(14-32)18-4-2-3-17(11-18)16-35-25-8-6-21(28)13-22(25)29;1-2-4-3-1/h2-8,11-13,20H,9-10,14-16H2,1H3,(H,33,34);1-2H,3H2. The van der Waals surface area contributed by atoms with Crippen LogP contribution in [-0.2, 0) is 24.9 Å². The Morgan fingerprint density at radius 1 is 1.15 bits per heavy atom. The first-order valence-electron chi connectivity index (χ1n) is 12.7. The summed E-state index contributed by atoms with van der Waals surface area (Å²) in [6.45, 7) is 3.90. The lowest BCUT2D eigenvalue weighted by molar-refractivity contribution is 0.0697. The van der Waals surface area contributed by atoms with E-state index in [4.69, 9.17) is 32.9 Å². The monoisotopic (exact) mass is 565 g/mol. The number of carboxylic acids is 1. The van der Waals surface area contributed by atoms with Gasteiger partial charge in [0.2, 0.25) is 0 Å². The molecule has 2 aliphatic heterocycles. The summed E-state index contributed by atoms with van der Waals surface area (Å²) in [4.78, 5) is 18.5. The predicted molar refractivity (Wildman–Crippen MR) is 153 cm³/mol. The van der Waals surface area contributed by atoms with Crippen LogP contribution in [0.4, 0.5) is 0 Å². The zero-order chi connectivity index (χ0) is 27.4. The van der Waals surface area contributed by atoms with Gasteiger partial charge in [-0.05, 0) is 72.5 Å². The summed E-state index contributed by atoms with van der Waals surface area (Å²) in [7, 11) is 1.94. The number of aryl methyl sites for hydroxylation is 1. The van der Waals surface area contributed by atoms with E-state index in [9.17, 15) is 9.90 Å². The summed E-state index contributed by atoms with van der Waals surface area (Å²) in [6.07, 6.45) is 4.71. The first kappa shape index (κ1) is 27.1. The Hall–Kier alpha value is -3.52. The van der Waals surface area contributed by atoms with Crippen molar-refractivity contribution in [1.29, 1.82) is 0 Å². The molecule has 0 saturated carbocycles. The fourth-order valence-electron chi connectivity index (χ4n) is 4.75. The molecule has 0 bridgehead atoms. The van der Waals surface area contributed by atoms with Crippen LogP contribution in [0.25, 0.3) is 11.0 Å². The predicted octanol–water partition coefficient (Wildman–Crippen LogP) is 6.68. The Labute approximate surface area is 237 Å². The van der Waals surface area contributed by atoms with Crippen molar-refractivity contribution in [2.24, 2.45) is 7.05 Å². The highest BCUT2D eigenvalue weighted by molar-refractivity contribution is 6.35. The number of rotatable bonds is 7. The minimum Gasteiger partial charge on any atom is -0.497 e. The van der Waals surface area contributed by atoms with E-state index >= 15 is 0 Å². The second-order valence-corrected chi connectivity index (χ2v) is 10.5. The second-order valence-electron chi connectivity index (χ2n) is 9.63. The molecule has 1 atom stereocenters. The Morgan fingerprint density at radius 3 is 2.67 bits per heavy atom. The van der Waals surface area contributed by atoms with Crippen LogP contribution in [0.15, 0.2) is 73.0 Å². The van der Waals surface area contributed by atoms with Gasteiger partial charge in [-0.15, -0.1) is 0 Å². The fourth-order valence-corrected chi connectivity index (χ4v) is 5.21. The van der Waals surface area contributed by atoms with Gasteiger partial charge in [0.15, 0.2) is 0 Å². The van der Waals surface area contributed by atoms with Crippen molar-refractivity contribution >= 4 is 40.2 Å². The summed E-state index contributed by atoms with van der Waals surface area (Å²) >= 11 is 12.2. The second kappa shape index (κ2) is 12.1. The van der Waals surface area contributed by atoms with E-state index in [1.54, 1.807) is 42.7 Å². The van der Waals surface area contributed by atoms with Crippen LogP contribution in [0, 0.1) is 0 Å². The summed E-state index contributed by atoms with van der Waals surface area (Å²) in [5.41, 5.74) is 4.32. The van der Waals surface area contributed by atoms with Crippen molar-refractivity contribution in [3.8, 4) is 5.75 Å². The normalized spacial score (nSPS) is 16.3. The van der Waals surface area contributed by atoms with Gasteiger partial charge in [-0.2, -0.15) is 0 Å². The molecule has 202 valence electrons. The molecule has 1 fully saturated rings. The van der Waals surface area contributed by atoms with Gasteiger partial charge in [0.05, 0.1) is 34.4 Å². The maximum atomic E-state index is 11.3. The molecule has 39 heavy (non-hydrogen) atoms. The molecule has 1 N–H and O–H groups in total. The van der Waals surface area contributed by atoms with E-state index in [1.165, 1.54) is 5.56 Å². The lowest BCUT2D eigenvalue weighted by Gasteiger charge is -2.16. The average molecular weight is 566 g/mol. The molecule has 1 saturated heterocycles. The molecule has 3 aromatic carbocycles. The number of carbonyl (C=O) groups is 1. The van der Waals surface area contributed by atoms with Crippen molar-refractivity contribution < 1.29 is 19.4 Å². The van der Waals surface area contributed by atoms with E-state index < -0.39 is 5.97 Å². The maximum absolute atomic E-state index is 11.3. The Balaban J connectivity index is 0.000000707. The lowest BCUT2D eigenvalue weighted by Crippen LogP contribution is -2.21. The molecule has 9 heteroatoms. The van der Waals surface area contributed by atoms with Crippen molar-refractivity contribution in [3.05, 3.63) is 106 Å². The van der Waals surface area contributed by atoms with Crippen molar-refractivity contribution in [2.75, 3.05) is 19.7 Å². The van der Waals surface area contributed by atoms with Crippen LogP contribution in [-0.4, -0.2) is 45.2 Å². The lowest BCUT2D eigenvalue weighted by atomic mass is 9.97. The molecule has 6 rings (SSSR count). The van der Waals surface area contributed by atoms with Crippen LogP contribution in [0.1, 0.15) is 39.6 Å². The third-order valence-corrected chi connectivity index (χ3v) is 7.48. The number of fused-ring (bicyclic) bond motifs is 1. The Kier molecular flexibility index (Phi) is 8.41. The van der Waals surface area contributed by atoms with Crippen LogP contribution >= 0.6 is 23.2 Å². The SMILES string of the molecule is C1=COC1.Cn1c(CN2CCC(c3cccc(COc4ccc(Cl)cc4Cl)c3)C2)nc2ccc(C(=O)O)cc21. The number of imidazole rings is 1. The van der Waals surface area contributed by atoms with Gasteiger partial charge in [0.25, 0.3) is 0 Å². The van der Waals surface area contributed by atoms with Crippen molar-refractivity contribution in [1.82, 2.24) is 14.5 Å². The molecule has 1 aromatic heterocycles. The summed E-state index contributed by atoms with van der Waals surface area (Å²) in [6, 6.07) is 18.8. The van der Waals surface area contributed by atoms with Crippen LogP contribution in [0.2, 0.25) is 10.0 Å². The number of aromatic nitrogens is 2. The van der Waals surface area contributed by atoms with Crippen LogP contribution in [0.3, 0.4) is 0 Å². The molecular formula is C30H29Cl2N3O4. The van der Waals surface area contributed by atoms with E-state index in [-0.39, 0.29) is 5.56 Å². The first-order valence-corrected chi connectivity index (χ1v) is 13.5. The third-order valence-electron chi connectivity index (χ3n) is 6.95. The first-order chi connectivity index (χ1) is 18.9. The molecule has 2 aliphatic rings. The molecule has 0 spiro atoms. The van der Waals surface area contributed by atoms with Crippen LogP contribution < -0.4 is 4.74 Å². The molecule has 7 nitrogen and oxygen atoms in total. The summed E-state index contributed by atoms with van der Waals surface area (Å²) in [5, 5.41) is 10.4. The topological polar surface area (TPSA) is 76.8 Å². The average Bonchev–Trinajstić information content (AvgIpc) is 3.47. The quantitative estimate of drug-likeness (QED) is 0.269. The summed E-state index contributed by atoms with van der Waals surface area (Å²) < 4.78 is 12.4. The third kappa shape index (κ3) is 6.56. The maximum Gasteiger partial charge on any atom is 0.335 e. The van der Waals surface area contributed by atoms with Crippen molar-refractivity contribution in [2.45, 2.75) is 25.5 Å². The Bertz CT molecular complexity index is 1510. The highest BCUT2D eigenvalue weighted by atomic mass is 35.5. The zero-order valence-corrected chi connectivity index (χ0v) is 23.0. The molecule has 0 aliphatic carbocycles. The number of hydrogen-bond donors (Lipinski definition) is 1. The van der Waals surface area contributed by atoms with Gasteiger partial charge in [-0.1, -0.05) is 47.5 Å². The van der Waals surface area contributed by atoms with E-state index in [0.717, 1.165) is 55.1 Å². The molecule has 1 unspecified atom stereocenters. The number of carboxylic acid groups (broad SMARTS) is 1. The molecular weight excluding hydrogens is 537 g/mol. The van der Waals surface area contributed by atoms with Crippen LogP contribution in [0.5, 0.6) is 5.75 Å². The van der Waals surface area contributed by atoms with E-state index in [0.29, 0.717) is 28.3 Å². The number of nitrogens with zero attached hydrogens (tertiary/aromatic N) is 3. The Morgan fingerprint density at radius 2 is 1.95 bits per heavy atom. The molecule has 0 amide bonds. The zero-order valence-electron chi connectivity index (χ0n) is 21.5. The van der Waals surface area contributed by atoms with Gasteiger partial charge in [-0.25, -0.2) is 9.78 Å². The number of aromatic carboxylic acids is 1. The summed E-state index contributed by atoms with van der Waals surface area (Å²) in [5.74, 6) is 1.06. The van der Waals surface area contributed by atoms with Gasteiger partial charge in [0.1, 0.15) is 24.8 Å². The highest BCUT2D eigenvalue weighted by Crippen LogP contribution is 2.31. The molecule has 0 radical (unpaired) electrons. The number of likely N-dealkylation sites (tertiary alicyclic amines) is 1. The molecule has 3 heterocycles. The van der Waals surface area contributed by atoms with Gasteiger partial charge < -0.3 is 19.1 Å². The minimum atomic E-state index is -0.930. The largest absolute Gasteiger partial charge is 0.497 e. The fraction of sp³-hybridized carbons (Fsp3) is 0.267. The van der Waals surface area contributed by atoms with E-state index in [2.05, 4.69) is 33.9 Å². The smallest absolute Gasteiger partial charge is 0.335 e. The van der Waals surface area contributed by atoms with Gasteiger partial charge in [-0.3, -0.25) is 4.90 Å². The number of ether oxygens (including phenoxy) is 2. The van der Waals surface area contributed by atoms with Gasteiger partial charge >= 0.3 is 5.97 Å².